The molecule has 3 rings (SSSR count). The number of hydrogen-bond donors (Lipinski definition) is 1. The maximum atomic E-state index is 12.6. The van der Waals surface area contributed by atoms with Gasteiger partial charge in [-0.15, -0.1) is 0 Å². The number of nitro benzene ring substituents is 2. The first-order valence-corrected chi connectivity index (χ1v) is 9.03. The molecule has 148 valence electrons. The highest BCUT2D eigenvalue weighted by molar-refractivity contribution is 8.18. The van der Waals surface area contributed by atoms with Crippen LogP contribution in [0.25, 0.3) is 6.08 Å². The van der Waals surface area contributed by atoms with Crippen molar-refractivity contribution in [1.29, 1.82) is 0 Å². The fraction of sp³-hybridized carbons (Fsp3) is 0.0588. The van der Waals surface area contributed by atoms with E-state index in [9.17, 15) is 34.9 Å². The number of nitrogens with zero attached hydrogens (tertiary/aromatic N) is 3. The Morgan fingerprint density at radius 2 is 1.83 bits per heavy atom. The van der Waals surface area contributed by atoms with Gasteiger partial charge in [-0.25, -0.2) is 0 Å². The fourth-order valence-electron chi connectivity index (χ4n) is 2.55. The predicted octanol–water partition coefficient (Wildman–Crippen LogP) is 4.10. The fourth-order valence-corrected chi connectivity index (χ4v) is 3.58. The summed E-state index contributed by atoms with van der Waals surface area (Å²) in [5, 5.41) is 31.9. The van der Waals surface area contributed by atoms with Crippen LogP contribution in [0.1, 0.15) is 11.1 Å². The van der Waals surface area contributed by atoms with Gasteiger partial charge in [0.25, 0.3) is 16.8 Å². The number of rotatable bonds is 5. The van der Waals surface area contributed by atoms with Crippen molar-refractivity contribution >= 4 is 52.0 Å². The lowest BCUT2D eigenvalue weighted by Crippen LogP contribution is -2.27. The highest BCUT2D eigenvalue weighted by Gasteiger charge is 2.36. The second-order valence-corrected chi connectivity index (χ2v) is 7.18. The zero-order chi connectivity index (χ0) is 21.3. The summed E-state index contributed by atoms with van der Waals surface area (Å²) in [6.07, 6.45) is 1.01. The van der Waals surface area contributed by atoms with Gasteiger partial charge in [0.15, 0.2) is 0 Å². The van der Waals surface area contributed by atoms with E-state index in [1.807, 2.05) is 0 Å². The van der Waals surface area contributed by atoms with E-state index in [0.717, 1.165) is 17.0 Å². The Morgan fingerprint density at radius 3 is 2.45 bits per heavy atom. The molecule has 29 heavy (non-hydrogen) atoms. The third-order valence-corrected chi connectivity index (χ3v) is 5.23. The summed E-state index contributed by atoms with van der Waals surface area (Å²) < 4.78 is 0. The molecule has 1 aliphatic rings. The Balaban J connectivity index is 1.98. The van der Waals surface area contributed by atoms with Crippen LogP contribution >= 0.6 is 23.4 Å². The third-order valence-electron chi connectivity index (χ3n) is 3.96. The number of benzene rings is 2. The van der Waals surface area contributed by atoms with E-state index in [1.54, 1.807) is 24.3 Å². The summed E-state index contributed by atoms with van der Waals surface area (Å²) in [5.74, 6) is -1.56. The number of non-ortho nitro benzene ring substituents is 1. The highest BCUT2D eigenvalue weighted by Crippen LogP contribution is 2.39. The zero-order valence-electron chi connectivity index (χ0n) is 14.3. The molecule has 1 N–H and O–H groups in total. The molecule has 0 aliphatic carbocycles. The molecule has 0 aromatic heterocycles. The Kier molecular flexibility index (Phi) is 5.52. The van der Waals surface area contributed by atoms with Gasteiger partial charge in [0.05, 0.1) is 27.4 Å². The number of aromatic hydroxyl groups is 1. The van der Waals surface area contributed by atoms with E-state index in [-0.39, 0.29) is 17.0 Å². The van der Waals surface area contributed by atoms with Crippen molar-refractivity contribution in [1.82, 2.24) is 4.90 Å². The van der Waals surface area contributed by atoms with E-state index in [4.69, 9.17) is 11.6 Å². The minimum Gasteiger partial charge on any atom is -0.502 e. The lowest BCUT2D eigenvalue weighted by atomic mass is 10.1. The molecule has 12 heteroatoms. The van der Waals surface area contributed by atoms with Crippen molar-refractivity contribution in [2.45, 2.75) is 6.54 Å². The number of phenolic OH excluding ortho intramolecular Hbond substituents is 1. The number of amides is 2. The maximum absolute atomic E-state index is 12.6. The summed E-state index contributed by atoms with van der Waals surface area (Å²) in [6, 6.07) is 8.12. The van der Waals surface area contributed by atoms with Gasteiger partial charge in [0, 0.05) is 16.7 Å². The van der Waals surface area contributed by atoms with Crippen molar-refractivity contribution in [3.63, 3.8) is 0 Å². The van der Waals surface area contributed by atoms with E-state index in [2.05, 4.69) is 0 Å². The van der Waals surface area contributed by atoms with E-state index in [0.29, 0.717) is 28.4 Å². The molecule has 2 aromatic carbocycles. The number of halogens is 1. The number of thioether (sulfide) groups is 1. The number of carbonyl (C=O) groups excluding carboxylic acids is 2. The summed E-state index contributed by atoms with van der Waals surface area (Å²) in [6.45, 7) is -0.0945. The van der Waals surface area contributed by atoms with E-state index in [1.165, 1.54) is 0 Å². The van der Waals surface area contributed by atoms with Gasteiger partial charge in [-0.1, -0.05) is 29.8 Å². The smallest absolute Gasteiger partial charge is 0.318 e. The highest BCUT2D eigenvalue weighted by atomic mass is 35.5. The Labute approximate surface area is 171 Å². The van der Waals surface area contributed by atoms with Crippen LogP contribution in [0.2, 0.25) is 5.02 Å². The molecule has 1 fully saturated rings. The molecule has 10 nitrogen and oxygen atoms in total. The van der Waals surface area contributed by atoms with Crippen LogP contribution in [0.5, 0.6) is 5.75 Å². The maximum Gasteiger partial charge on any atom is 0.318 e. The topological polar surface area (TPSA) is 144 Å². The van der Waals surface area contributed by atoms with E-state index < -0.39 is 38.1 Å². The molecule has 0 radical (unpaired) electrons. The monoisotopic (exact) mass is 435 g/mol. The first kappa shape index (κ1) is 20.3. The molecular weight excluding hydrogens is 426 g/mol. The molecule has 1 saturated heterocycles. The Bertz CT molecular complexity index is 1100. The van der Waals surface area contributed by atoms with Crippen LogP contribution in [-0.4, -0.2) is 31.0 Å². The summed E-state index contributed by atoms with van der Waals surface area (Å²) >= 11 is 6.59. The normalized spacial score (nSPS) is 15.2. The SMILES string of the molecule is O=C1S/C(=C\c2cc([N+](=O)[O-])cc([N+](=O)[O-])c2O)C(=O)N1Cc1ccccc1Cl. The number of imide groups is 1. The van der Waals surface area contributed by atoms with Crippen LogP contribution in [0, 0.1) is 20.2 Å². The van der Waals surface area contributed by atoms with Crippen molar-refractivity contribution in [3.05, 3.63) is 77.7 Å². The van der Waals surface area contributed by atoms with Gasteiger partial charge in [0.1, 0.15) is 0 Å². The van der Waals surface area contributed by atoms with Crippen molar-refractivity contribution in [2.24, 2.45) is 0 Å². The molecule has 2 aromatic rings. The summed E-state index contributed by atoms with van der Waals surface area (Å²) in [5.41, 5.74) is -1.32. The van der Waals surface area contributed by atoms with Crippen LogP contribution in [0.3, 0.4) is 0 Å². The van der Waals surface area contributed by atoms with Crippen molar-refractivity contribution < 1.29 is 24.5 Å². The molecule has 2 amide bonds. The predicted molar refractivity (Wildman–Crippen MR) is 104 cm³/mol. The molecule has 1 heterocycles. The van der Waals surface area contributed by atoms with Crippen LogP contribution in [0.4, 0.5) is 16.2 Å². The Hall–Kier alpha value is -3.44. The van der Waals surface area contributed by atoms with Gasteiger partial charge < -0.3 is 5.11 Å². The lowest BCUT2D eigenvalue weighted by molar-refractivity contribution is -0.394. The molecular formula is C17H10ClN3O7S. The molecule has 0 bridgehead atoms. The van der Waals surface area contributed by atoms with Gasteiger partial charge in [-0.3, -0.25) is 34.7 Å². The molecule has 0 saturated carbocycles. The second kappa shape index (κ2) is 7.89. The van der Waals surface area contributed by atoms with Gasteiger partial charge in [-0.05, 0) is 29.5 Å². The van der Waals surface area contributed by atoms with Crippen LogP contribution < -0.4 is 0 Å². The van der Waals surface area contributed by atoms with Crippen LogP contribution in [0.15, 0.2) is 41.3 Å². The van der Waals surface area contributed by atoms with Gasteiger partial charge in [-0.2, -0.15) is 0 Å². The number of hydrogen-bond acceptors (Lipinski definition) is 8. The van der Waals surface area contributed by atoms with Crippen molar-refractivity contribution in [3.8, 4) is 5.75 Å². The number of nitro groups is 2. The lowest BCUT2D eigenvalue weighted by Gasteiger charge is -2.13. The molecule has 1 aliphatic heterocycles. The molecule has 0 atom stereocenters. The third kappa shape index (κ3) is 4.05. The molecule has 0 unspecified atom stereocenters. The van der Waals surface area contributed by atoms with E-state index >= 15 is 0 Å². The van der Waals surface area contributed by atoms with Gasteiger partial charge in [0.2, 0.25) is 5.75 Å². The van der Waals surface area contributed by atoms with Gasteiger partial charge >= 0.3 is 5.69 Å². The zero-order valence-corrected chi connectivity index (χ0v) is 15.8. The first-order valence-electron chi connectivity index (χ1n) is 7.83. The minimum absolute atomic E-state index is 0.0945. The summed E-state index contributed by atoms with van der Waals surface area (Å²) in [4.78, 5) is 45.8. The number of carbonyl (C=O) groups is 2. The first-order chi connectivity index (χ1) is 13.7. The van der Waals surface area contributed by atoms with Crippen LogP contribution in [-0.2, 0) is 11.3 Å². The second-order valence-electron chi connectivity index (χ2n) is 5.78. The standard InChI is InChI=1S/C17H10ClN3O7S/c18-12-4-2-1-3-9(12)8-19-16(23)14(29-17(19)24)6-10-5-11(20(25)26)7-13(15(10)22)21(27)28/h1-7,22H,8H2/b14-6-. The Morgan fingerprint density at radius 1 is 1.14 bits per heavy atom. The van der Waals surface area contributed by atoms with Crippen molar-refractivity contribution in [2.75, 3.05) is 0 Å². The minimum atomic E-state index is -0.983. The average Bonchev–Trinajstić information content (AvgIpc) is 2.92. The largest absolute Gasteiger partial charge is 0.502 e. The quantitative estimate of drug-likeness (QED) is 0.419. The summed E-state index contributed by atoms with van der Waals surface area (Å²) in [7, 11) is 0. The average molecular weight is 436 g/mol. The number of phenols is 1. The molecule has 0 spiro atoms.